The van der Waals surface area contributed by atoms with Crippen LogP contribution in [0.25, 0.3) is 0 Å². The zero-order valence-electron chi connectivity index (χ0n) is 11.8. The molecule has 2 aromatic rings. The fourth-order valence-electron chi connectivity index (χ4n) is 2.23. The average molecular weight is 305 g/mol. The van der Waals surface area contributed by atoms with Crippen molar-refractivity contribution in [1.82, 2.24) is 0 Å². The van der Waals surface area contributed by atoms with Crippen LogP contribution < -0.4 is 4.74 Å². The van der Waals surface area contributed by atoms with Crippen LogP contribution in [0.1, 0.15) is 17.2 Å². The Bertz CT molecular complexity index is 580. The Morgan fingerprint density at radius 3 is 2.43 bits per heavy atom. The molecule has 0 unspecified atom stereocenters. The number of hydrogen-bond donors (Lipinski definition) is 0. The maximum absolute atomic E-state index is 5.87. The van der Waals surface area contributed by atoms with E-state index in [4.69, 9.17) is 25.8 Å². The number of hydrogen-bond acceptors (Lipinski definition) is 3. The van der Waals surface area contributed by atoms with Crippen molar-refractivity contribution in [3.8, 4) is 5.75 Å². The lowest BCUT2D eigenvalue weighted by Gasteiger charge is -2.04. The molecule has 4 heteroatoms. The molecule has 2 aromatic carbocycles. The van der Waals surface area contributed by atoms with E-state index in [9.17, 15) is 0 Å². The number of ether oxygens (including phenoxy) is 3. The summed E-state index contributed by atoms with van der Waals surface area (Å²) < 4.78 is 16.5. The maximum Gasteiger partial charge on any atom is 0.118 e. The largest absolute Gasteiger partial charge is 0.497 e. The summed E-state index contributed by atoms with van der Waals surface area (Å²) in [6, 6.07) is 15.6. The topological polar surface area (TPSA) is 31.0 Å². The van der Waals surface area contributed by atoms with Gasteiger partial charge in [-0.2, -0.15) is 0 Å². The first-order chi connectivity index (χ1) is 10.3. The van der Waals surface area contributed by atoms with Gasteiger partial charge >= 0.3 is 0 Å². The van der Waals surface area contributed by atoms with E-state index in [0.29, 0.717) is 13.2 Å². The van der Waals surface area contributed by atoms with Gasteiger partial charge in [0.05, 0.1) is 20.3 Å². The van der Waals surface area contributed by atoms with Crippen LogP contribution in [0.15, 0.2) is 48.5 Å². The molecule has 1 heterocycles. The number of benzene rings is 2. The molecule has 0 spiro atoms. The highest BCUT2D eigenvalue weighted by molar-refractivity contribution is 6.30. The standard InChI is InChI=1S/C17H17ClO3/c1-19-15-8-2-12(3-9-15)10-20-11-16-17(21-16)13-4-6-14(18)7-5-13/h2-9,16-17H,10-11H2,1H3/t16-,17-/m0/s1. The predicted molar refractivity (Wildman–Crippen MR) is 81.7 cm³/mol. The van der Waals surface area contributed by atoms with Gasteiger partial charge in [0, 0.05) is 5.02 Å². The second-order valence-corrected chi connectivity index (χ2v) is 5.45. The van der Waals surface area contributed by atoms with Crippen molar-refractivity contribution in [1.29, 1.82) is 0 Å². The quantitative estimate of drug-likeness (QED) is 0.756. The molecule has 3 nitrogen and oxygen atoms in total. The molecule has 0 radical (unpaired) electrons. The molecule has 1 fully saturated rings. The van der Waals surface area contributed by atoms with E-state index in [0.717, 1.165) is 21.9 Å². The number of halogens is 1. The first-order valence-electron chi connectivity index (χ1n) is 6.88. The van der Waals surface area contributed by atoms with Crippen LogP contribution in [-0.4, -0.2) is 19.8 Å². The molecule has 1 aliphatic rings. The molecule has 21 heavy (non-hydrogen) atoms. The van der Waals surface area contributed by atoms with E-state index in [1.54, 1.807) is 7.11 Å². The lowest BCUT2D eigenvalue weighted by atomic mass is 10.1. The monoisotopic (exact) mass is 304 g/mol. The minimum absolute atomic E-state index is 0.137. The van der Waals surface area contributed by atoms with Crippen molar-refractivity contribution in [3.63, 3.8) is 0 Å². The minimum atomic E-state index is 0.137. The van der Waals surface area contributed by atoms with Gasteiger partial charge in [-0.25, -0.2) is 0 Å². The van der Waals surface area contributed by atoms with E-state index >= 15 is 0 Å². The summed E-state index contributed by atoms with van der Waals surface area (Å²) in [5.74, 6) is 0.854. The van der Waals surface area contributed by atoms with E-state index in [1.807, 2.05) is 48.5 Å². The van der Waals surface area contributed by atoms with Crippen LogP contribution in [0.3, 0.4) is 0 Å². The zero-order valence-corrected chi connectivity index (χ0v) is 12.5. The van der Waals surface area contributed by atoms with E-state index in [2.05, 4.69) is 0 Å². The number of rotatable bonds is 6. The summed E-state index contributed by atoms with van der Waals surface area (Å²) in [7, 11) is 1.66. The maximum atomic E-state index is 5.87. The van der Waals surface area contributed by atoms with Gasteiger partial charge in [-0.05, 0) is 35.4 Å². The third kappa shape index (κ3) is 3.76. The fourth-order valence-corrected chi connectivity index (χ4v) is 2.36. The van der Waals surface area contributed by atoms with Gasteiger partial charge in [0.25, 0.3) is 0 Å². The first-order valence-corrected chi connectivity index (χ1v) is 7.25. The highest BCUT2D eigenvalue weighted by atomic mass is 35.5. The summed E-state index contributed by atoms with van der Waals surface area (Å²) in [5, 5.41) is 0.742. The fraction of sp³-hybridized carbons (Fsp3) is 0.294. The van der Waals surface area contributed by atoms with Crippen LogP contribution in [-0.2, 0) is 16.1 Å². The Hall–Kier alpha value is -1.55. The molecular formula is C17H17ClO3. The summed E-state index contributed by atoms with van der Waals surface area (Å²) in [6.07, 6.45) is 0.280. The molecule has 2 atom stereocenters. The molecule has 1 aliphatic heterocycles. The van der Waals surface area contributed by atoms with Gasteiger partial charge in [0.1, 0.15) is 18.0 Å². The third-order valence-electron chi connectivity index (χ3n) is 3.49. The molecule has 110 valence electrons. The SMILES string of the molecule is COc1ccc(COC[C@@H]2O[C@H]2c2ccc(Cl)cc2)cc1. The Labute approximate surface area is 129 Å². The Balaban J connectivity index is 1.43. The highest BCUT2D eigenvalue weighted by Gasteiger charge is 2.40. The van der Waals surface area contributed by atoms with Gasteiger partial charge in [-0.3, -0.25) is 0 Å². The van der Waals surface area contributed by atoms with Crippen molar-refractivity contribution in [2.24, 2.45) is 0 Å². The van der Waals surface area contributed by atoms with Crippen molar-refractivity contribution in [2.45, 2.75) is 18.8 Å². The second-order valence-electron chi connectivity index (χ2n) is 5.01. The molecule has 3 rings (SSSR count). The summed E-state index contributed by atoms with van der Waals surface area (Å²) >= 11 is 5.87. The van der Waals surface area contributed by atoms with E-state index in [1.165, 1.54) is 0 Å². The lowest BCUT2D eigenvalue weighted by Crippen LogP contribution is -2.02. The Morgan fingerprint density at radius 2 is 1.76 bits per heavy atom. The Kier molecular flexibility index (Phi) is 4.44. The van der Waals surface area contributed by atoms with Gasteiger partial charge in [0.2, 0.25) is 0 Å². The van der Waals surface area contributed by atoms with Crippen molar-refractivity contribution in [2.75, 3.05) is 13.7 Å². The summed E-state index contributed by atoms with van der Waals surface area (Å²) in [4.78, 5) is 0. The Morgan fingerprint density at radius 1 is 1.05 bits per heavy atom. The van der Waals surface area contributed by atoms with Crippen molar-refractivity contribution >= 4 is 11.6 Å². The molecule has 0 N–H and O–H groups in total. The minimum Gasteiger partial charge on any atom is -0.497 e. The number of epoxide rings is 1. The second kappa shape index (κ2) is 6.48. The van der Waals surface area contributed by atoms with Crippen LogP contribution in [0.4, 0.5) is 0 Å². The van der Waals surface area contributed by atoms with Crippen LogP contribution in [0.5, 0.6) is 5.75 Å². The lowest BCUT2D eigenvalue weighted by molar-refractivity contribution is 0.104. The summed E-state index contributed by atoms with van der Waals surface area (Å²) in [6.45, 7) is 1.18. The van der Waals surface area contributed by atoms with E-state index in [-0.39, 0.29) is 12.2 Å². The van der Waals surface area contributed by atoms with Crippen LogP contribution in [0, 0.1) is 0 Å². The highest BCUT2D eigenvalue weighted by Crippen LogP contribution is 2.39. The van der Waals surface area contributed by atoms with Gasteiger partial charge in [-0.1, -0.05) is 35.9 Å². The van der Waals surface area contributed by atoms with Crippen molar-refractivity contribution < 1.29 is 14.2 Å². The van der Waals surface area contributed by atoms with Gasteiger partial charge < -0.3 is 14.2 Å². The first kappa shape index (κ1) is 14.4. The van der Waals surface area contributed by atoms with Crippen LogP contribution in [0.2, 0.25) is 5.02 Å². The molecule has 0 aromatic heterocycles. The average Bonchev–Trinajstić information content (AvgIpc) is 3.28. The third-order valence-corrected chi connectivity index (χ3v) is 3.74. The normalized spacial score (nSPS) is 20.3. The van der Waals surface area contributed by atoms with Crippen LogP contribution >= 0.6 is 11.6 Å². The molecule has 0 aliphatic carbocycles. The molecule has 0 saturated carbocycles. The molecule has 0 amide bonds. The predicted octanol–water partition coefficient (Wildman–Crippen LogP) is 4.01. The van der Waals surface area contributed by atoms with Gasteiger partial charge in [-0.15, -0.1) is 0 Å². The zero-order chi connectivity index (χ0) is 14.7. The van der Waals surface area contributed by atoms with Gasteiger partial charge in [0.15, 0.2) is 0 Å². The van der Waals surface area contributed by atoms with Crippen molar-refractivity contribution in [3.05, 3.63) is 64.7 Å². The summed E-state index contributed by atoms with van der Waals surface area (Å²) in [5.41, 5.74) is 2.27. The smallest absolute Gasteiger partial charge is 0.118 e. The molecule has 0 bridgehead atoms. The molecule has 1 saturated heterocycles. The molecular weight excluding hydrogens is 288 g/mol. The van der Waals surface area contributed by atoms with E-state index < -0.39 is 0 Å². The number of methoxy groups -OCH3 is 1.